The average molecular weight is 258 g/mol. The summed E-state index contributed by atoms with van der Waals surface area (Å²) in [5.74, 6) is -0.567. The van der Waals surface area contributed by atoms with E-state index in [0.29, 0.717) is 18.7 Å². The summed E-state index contributed by atoms with van der Waals surface area (Å²) >= 11 is 5.72. The van der Waals surface area contributed by atoms with Gasteiger partial charge in [-0.3, -0.25) is 0 Å². The lowest BCUT2D eigenvalue weighted by Crippen LogP contribution is -2.48. The maximum Gasteiger partial charge on any atom is 0.497 e. The molecule has 1 heterocycles. The Bertz CT molecular complexity index is 432. The van der Waals surface area contributed by atoms with Gasteiger partial charge in [0.15, 0.2) is 0 Å². The first-order chi connectivity index (χ1) is 7.91. The van der Waals surface area contributed by atoms with Gasteiger partial charge in [0.25, 0.3) is 0 Å². The molecule has 0 bridgehead atoms. The minimum atomic E-state index is -0.706. The van der Waals surface area contributed by atoms with Crippen LogP contribution in [0, 0.1) is 11.2 Å². The Morgan fingerprint density at radius 3 is 2.53 bits per heavy atom. The molecule has 2 N–H and O–H groups in total. The van der Waals surface area contributed by atoms with Crippen LogP contribution in [0.3, 0.4) is 0 Å². The average Bonchev–Trinajstić information content (AvgIpc) is 2.27. The summed E-state index contributed by atoms with van der Waals surface area (Å²) in [5.41, 5.74) is 5.70. The van der Waals surface area contributed by atoms with Crippen LogP contribution in [0.1, 0.15) is 13.8 Å². The highest BCUT2D eigenvalue weighted by Crippen LogP contribution is 2.24. The molecule has 0 saturated carbocycles. The van der Waals surface area contributed by atoms with Crippen molar-refractivity contribution in [1.29, 1.82) is 0 Å². The first-order valence-corrected chi connectivity index (χ1v) is 5.75. The van der Waals surface area contributed by atoms with Crippen molar-refractivity contribution in [3.8, 4) is 0 Å². The zero-order valence-electron chi connectivity index (χ0n) is 9.80. The van der Waals surface area contributed by atoms with Crippen LogP contribution in [-0.2, 0) is 9.31 Å². The van der Waals surface area contributed by atoms with Crippen LogP contribution >= 0.6 is 11.6 Å². The molecule has 6 heteroatoms. The number of nitrogen functional groups attached to an aromatic ring is 1. The second-order valence-corrected chi connectivity index (χ2v) is 5.39. The minimum Gasteiger partial charge on any atom is -0.407 e. The highest BCUT2D eigenvalue weighted by atomic mass is 35.5. The first-order valence-electron chi connectivity index (χ1n) is 5.37. The van der Waals surface area contributed by atoms with Crippen LogP contribution in [0.2, 0.25) is 5.02 Å². The number of benzene rings is 1. The third-order valence-electron chi connectivity index (χ3n) is 2.66. The summed E-state index contributed by atoms with van der Waals surface area (Å²) < 4.78 is 24.9. The van der Waals surface area contributed by atoms with Gasteiger partial charge in [0.1, 0.15) is 5.82 Å². The monoisotopic (exact) mass is 257 g/mol. The lowest BCUT2D eigenvalue weighted by molar-refractivity contribution is 0.0340. The van der Waals surface area contributed by atoms with E-state index in [1.807, 2.05) is 13.8 Å². The molecule has 2 rings (SSSR count). The van der Waals surface area contributed by atoms with E-state index in [1.54, 1.807) is 6.07 Å². The molecule has 0 atom stereocenters. The second-order valence-electron chi connectivity index (χ2n) is 4.98. The van der Waals surface area contributed by atoms with Gasteiger partial charge in [-0.2, -0.15) is 0 Å². The van der Waals surface area contributed by atoms with Gasteiger partial charge in [-0.25, -0.2) is 4.39 Å². The van der Waals surface area contributed by atoms with E-state index in [4.69, 9.17) is 26.6 Å². The third-order valence-corrected chi connectivity index (χ3v) is 2.99. The molecule has 1 aromatic carbocycles. The molecule has 0 unspecified atom stereocenters. The molecule has 0 spiro atoms. The van der Waals surface area contributed by atoms with Gasteiger partial charge in [-0.1, -0.05) is 31.5 Å². The lowest BCUT2D eigenvalue weighted by Gasteiger charge is -2.33. The number of nitrogens with two attached hydrogens (primary N) is 1. The Labute approximate surface area is 105 Å². The quantitative estimate of drug-likeness (QED) is 0.617. The van der Waals surface area contributed by atoms with E-state index in [2.05, 4.69) is 0 Å². The number of hydrogen-bond acceptors (Lipinski definition) is 3. The number of anilines is 1. The van der Waals surface area contributed by atoms with Crippen molar-refractivity contribution in [2.24, 2.45) is 5.41 Å². The zero-order valence-corrected chi connectivity index (χ0v) is 10.6. The van der Waals surface area contributed by atoms with E-state index in [-0.39, 0.29) is 16.1 Å². The molecule has 1 aromatic rings. The van der Waals surface area contributed by atoms with Crippen molar-refractivity contribution in [1.82, 2.24) is 0 Å². The van der Waals surface area contributed by atoms with E-state index in [9.17, 15) is 4.39 Å². The number of halogens is 2. The lowest BCUT2D eigenvalue weighted by atomic mass is 9.75. The van der Waals surface area contributed by atoms with Crippen LogP contribution in [0.15, 0.2) is 12.1 Å². The van der Waals surface area contributed by atoms with Crippen LogP contribution in [0.5, 0.6) is 0 Å². The van der Waals surface area contributed by atoms with E-state index in [0.717, 1.165) is 0 Å². The van der Waals surface area contributed by atoms with Crippen LogP contribution in [0.4, 0.5) is 10.1 Å². The Morgan fingerprint density at radius 1 is 1.35 bits per heavy atom. The van der Waals surface area contributed by atoms with Gasteiger partial charge in [-0.05, 0) is 6.07 Å². The fourth-order valence-corrected chi connectivity index (χ4v) is 1.79. The van der Waals surface area contributed by atoms with E-state index in [1.165, 1.54) is 6.07 Å². The van der Waals surface area contributed by atoms with Gasteiger partial charge in [0.2, 0.25) is 0 Å². The normalized spacial score (nSPS) is 19.4. The summed E-state index contributed by atoms with van der Waals surface area (Å²) in [7, 11) is -0.706. The van der Waals surface area contributed by atoms with Gasteiger partial charge in [-0.15, -0.1) is 0 Å². The fourth-order valence-electron chi connectivity index (χ4n) is 1.64. The maximum absolute atomic E-state index is 13.9. The third kappa shape index (κ3) is 2.56. The molecule has 0 aromatic heterocycles. The number of rotatable bonds is 1. The van der Waals surface area contributed by atoms with Gasteiger partial charge >= 0.3 is 7.12 Å². The minimum absolute atomic E-state index is 0.0506. The van der Waals surface area contributed by atoms with Crippen molar-refractivity contribution in [3.63, 3.8) is 0 Å². The van der Waals surface area contributed by atoms with Crippen molar-refractivity contribution in [2.75, 3.05) is 18.9 Å². The molecule has 0 radical (unpaired) electrons. The standard InChI is InChI=1S/C11H14BClFNO2/c1-11(2)5-16-12(17-6-11)7-3-4-8(13)10(15)9(7)14/h3-4H,5-6,15H2,1-2H3. The Morgan fingerprint density at radius 2 is 1.94 bits per heavy atom. The van der Waals surface area contributed by atoms with Crippen molar-refractivity contribution in [3.05, 3.63) is 23.0 Å². The van der Waals surface area contributed by atoms with E-state index >= 15 is 0 Å². The molecule has 0 amide bonds. The smallest absolute Gasteiger partial charge is 0.407 e. The van der Waals surface area contributed by atoms with Crippen molar-refractivity contribution < 1.29 is 13.7 Å². The van der Waals surface area contributed by atoms with Crippen LogP contribution in [0.25, 0.3) is 0 Å². The SMILES string of the molecule is CC1(C)COB(c2ccc(Cl)c(N)c2F)OC1. The van der Waals surface area contributed by atoms with Crippen LogP contribution < -0.4 is 11.2 Å². The molecular formula is C11H14BClFNO2. The molecule has 1 fully saturated rings. The zero-order chi connectivity index (χ0) is 12.6. The summed E-state index contributed by atoms with van der Waals surface area (Å²) in [4.78, 5) is 0. The van der Waals surface area contributed by atoms with Crippen molar-refractivity contribution >= 4 is 29.9 Å². The summed E-state index contributed by atoms with van der Waals surface area (Å²) in [6, 6.07) is 3.08. The molecular weight excluding hydrogens is 243 g/mol. The molecule has 92 valence electrons. The van der Waals surface area contributed by atoms with Gasteiger partial charge in [0.05, 0.1) is 10.7 Å². The Kier molecular flexibility index (Phi) is 3.34. The molecule has 0 aliphatic carbocycles. The summed E-state index contributed by atoms with van der Waals surface area (Å²) in [5, 5.41) is 0.197. The van der Waals surface area contributed by atoms with E-state index < -0.39 is 12.9 Å². The Balaban J connectivity index is 2.22. The molecule has 17 heavy (non-hydrogen) atoms. The Hall–Kier alpha value is -0.775. The van der Waals surface area contributed by atoms with Gasteiger partial charge in [0, 0.05) is 24.1 Å². The first kappa shape index (κ1) is 12.7. The predicted octanol–water partition coefficient (Wildman–Crippen LogP) is 1.83. The molecule has 1 saturated heterocycles. The molecule has 1 aliphatic rings. The van der Waals surface area contributed by atoms with Gasteiger partial charge < -0.3 is 15.0 Å². The second kappa shape index (κ2) is 4.48. The largest absolute Gasteiger partial charge is 0.497 e. The number of hydrogen-bond donors (Lipinski definition) is 1. The fraction of sp³-hybridized carbons (Fsp3) is 0.455. The molecule has 1 aliphatic heterocycles. The summed E-state index contributed by atoms with van der Waals surface area (Å²) in [6.45, 7) is 5.07. The highest BCUT2D eigenvalue weighted by Gasteiger charge is 2.35. The van der Waals surface area contributed by atoms with Crippen molar-refractivity contribution in [2.45, 2.75) is 13.8 Å². The summed E-state index contributed by atoms with van der Waals surface area (Å²) in [6.07, 6.45) is 0. The predicted molar refractivity (Wildman–Crippen MR) is 66.9 cm³/mol. The topological polar surface area (TPSA) is 44.5 Å². The van der Waals surface area contributed by atoms with Crippen LogP contribution in [-0.4, -0.2) is 20.3 Å². The maximum atomic E-state index is 13.9. The molecule has 3 nitrogen and oxygen atoms in total. The highest BCUT2D eigenvalue weighted by molar-refractivity contribution is 6.61.